The molecule has 1 aliphatic rings. The molecule has 0 unspecified atom stereocenters. The van der Waals surface area contributed by atoms with Crippen molar-refractivity contribution >= 4 is 34.6 Å². The number of ether oxygens (including phenoxy) is 1. The number of hydrogen-bond donors (Lipinski definition) is 4. The molecule has 9 heteroatoms. The molecule has 2 amide bonds. The molecule has 0 fully saturated rings. The molecule has 158 valence electrons. The van der Waals surface area contributed by atoms with Gasteiger partial charge in [-0.3, -0.25) is 4.98 Å². The smallest absolute Gasteiger partial charge is 0.339 e. The van der Waals surface area contributed by atoms with Gasteiger partial charge in [-0.1, -0.05) is 0 Å². The van der Waals surface area contributed by atoms with E-state index in [4.69, 9.17) is 4.74 Å². The second-order valence-corrected chi connectivity index (χ2v) is 7.51. The van der Waals surface area contributed by atoms with Crippen LogP contribution in [0.1, 0.15) is 40.0 Å². The van der Waals surface area contributed by atoms with Gasteiger partial charge in [-0.15, -0.1) is 0 Å². The number of carbonyl (C=O) groups excluding carboxylic acids is 1. The first-order valence-corrected chi connectivity index (χ1v) is 10.4. The zero-order valence-electron chi connectivity index (χ0n) is 16.5. The zero-order valence-corrected chi connectivity index (χ0v) is 17.3. The van der Waals surface area contributed by atoms with E-state index in [-0.39, 0.29) is 17.9 Å². The lowest BCUT2D eigenvalue weighted by Gasteiger charge is -2.31. The fraction of sp³-hybridized carbons (Fsp3) is 0.136. The molecular formula is C22H19N3O5S. The molecule has 8 nitrogen and oxygen atoms in total. The fourth-order valence-electron chi connectivity index (χ4n) is 3.51. The van der Waals surface area contributed by atoms with Gasteiger partial charge >= 0.3 is 12.0 Å². The van der Waals surface area contributed by atoms with E-state index in [0.29, 0.717) is 16.8 Å². The molecule has 1 atom stereocenters. The van der Waals surface area contributed by atoms with Crippen LogP contribution in [0.3, 0.4) is 0 Å². The number of aromatic carboxylic acids is 1. The first-order chi connectivity index (χ1) is 15.0. The SMILES string of the molecule is CCOc1cc([C@H]2NC(=O)NC(c3cccnc3)=C2c2ccsc2)cc(C(=O)O)c1O. The van der Waals surface area contributed by atoms with E-state index in [1.54, 1.807) is 31.5 Å². The second-order valence-electron chi connectivity index (χ2n) is 6.73. The van der Waals surface area contributed by atoms with E-state index < -0.39 is 23.8 Å². The van der Waals surface area contributed by atoms with Crippen molar-refractivity contribution in [1.82, 2.24) is 15.6 Å². The molecule has 0 aliphatic carbocycles. The Labute approximate surface area is 181 Å². The van der Waals surface area contributed by atoms with Crippen molar-refractivity contribution < 1.29 is 24.5 Å². The van der Waals surface area contributed by atoms with E-state index in [2.05, 4.69) is 15.6 Å². The number of nitrogens with one attached hydrogen (secondary N) is 2. The minimum atomic E-state index is -1.30. The monoisotopic (exact) mass is 437 g/mol. The average Bonchev–Trinajstić information content (AvgIpc) is 3.29. The highest BCUT2D eigenvalue weighted by Gasteiger charge is 2.32. The van der Waals surface area contributed by atoms with Gasteiger partial charge in [-0.05, 0) is 59.1 Å². The van der Waals surface area contributed by atoms with Gasteiger partial charge in [-0.25, -0.2) is 9.59 Å². The Bertz CT molecular complexity index is 1160. The van der Waals surface area contributed by atoms with Crippen LogP contribution in [0.25, 0.3) is 11.3 Å². The second kappa shape index (κ2) is 8.49. The van der Waals surface area contributed by atoms with Gasteiger partial charge in [0.05, 0.1) is 18.3 Å². The summed E-state index contributed by atoms with van der Waals surface area (Å²) in [6.45, 7) is 1.97. The lowest BCUT2D eigenvalue weighted by atomic mass is 9.88. The summed E-state index contributed by atoms with van der Waals surface area (Å²) < 4.78 is 5.46. The maximum atomic E-state index is 12.6. The van der Waals surface area contributed by atoms with E-state index >= 15 is 0 Å². The lowest BCUT2D eigenvalue weighted by Crippen LogP contribution is -2.43. The Hall–Kier alpha value is -3.85. The van der Waals surface area contributed by atoms with Crippen LogP contribution in [0, 0.1) is 0 Å². The molecule has 3 aromatic rings. The third-order valence-electron chi connectivity index (χ3n) is 4.82. The van der Waals surface area contributed by atoms with Crippen molar-refractivity contribution in [3.63, 3.8) is 0 Å². The predicted octanol–water partition coefficient (Wildman–Crippen LogP) is 3.87. The van der Waals surface area contributed by atoms with Gasteiger partial charge < -0.3 is 25.6 Å². The number of nitrogens with zero attached hydrogens (tertiary/aromatic N) is 1. The van der Waals surface area contributed by atoms with E-state index in [1.165, 1.54) is 17.4 Å². The standard InChI is InChI=1S/C22H19N3O5S/c1-2-30-16-9-14(8-15(20(16)26)21(27)28)19-17(13-5-7-31-11-13)18(24-22(29)25-19)12-4-3-6-23-10-12/h3-11,19,26H,2H2,1H3,(H,27,28)(H2,24,25,29)/t19-/m1/s1. The number of amides is 2. The maximum Gasteiger partial charge on any atom is 0.339 e. The maximum absolute atomic E-state index is 12.6. The largest absolute Gasteiger partial charge is 0.504 e. The summed E-state index contributed by atoms with van der Waals surface area (Å²) in [5, 5.41) is 29.5. The third kappa shape index (κ3) is 3.95. The molecule has 0 saturated heterocycles. The Kier molecular flexibility index (Phi) is 5.59. The zero-order chi connectivity index (χ0) is 22.0. The summed E-state index contributed by atoms with van der Waals surface area (Å²) in [5.41, 5.74) is 3.06. The molecule has 3 heterocycles. The number of hydrogen-bond acceptors (Lipinski definition) is 6. The molecule has 0 saturated carbocycles. The van der Waals surface area contributed by atoms with Crippen molar-refractivity contribution in [3.05, 3.63) is 75.7 Å². The van der Waals surface area contributed by atoms with Crippen LogP contribution >= 0.6 is 11.3 Å². The molecule has 31 heavy (non-hydrogen) atoms. The number of urea groups is 1. The Morgan fingerprint density at radius 1 is 1.29 bits per heavy atom. The molecule has 1 aromatic carbocycles. The van der Waals surface area contributed by atoms with Gasteiger partial charge in [0.2, 0.25) is 0 Å². The highest BCUT2D eigenvalue weighted by molar-refractivity contribution is 7.08. The number of aromatic nitrogens is 1. The summed E-state index contributed by atoms with van der Waals surface area (Å²) in [7, 11) is 0. The fourth-order valence-corrected chi connectivity index (χ4v) is 4.16. The van der Waals surface area contributed by atoms with E-state index in [0.717, 1.165) is 11.1 Å². The third-order valence-corrected chi connectivity index (χ3v) is 5.50. The summed E-state index contributed by atoms with van der Waals surface area (Å²) in [6.07, 6.45) is 3.29. The number of carboxylic acids is 1. The molecule has 0 bridgehead atoms. The molecule has 2 aromatic heterocycles. The topological polar surface area (TPSA) is 121 Å². The molecule has 1 aliphatic heterocycles. The molecular weight excluding hydrogens is 418 g/mol. The summed E-state index contributed by atoms with van der Waals surface area (Å²) in [4.78, 5) is 28.5. The number of rotatable bonds is 6. The normalized spacial score (nSPS) is 15.9. The highest BCUT2D eigenvalue weighted by Crippen LogP contribution is 2.42. The van der Waals surface area contributed by atoms with Gasteiger partial charge in [0.1, 0.15) is 5.56 Å². The number of phenols is 1. The van der Waals surface area contributed by atoms with Crippen molar-refractivity contribution in [2.45, 2.75) is 13.0 Å². The molecule has 4 N–H and O–H groups in total. The first kappa shape index (κ1) is 20.4. The Morgan fingerprint density at radius 2 is 2.13 bits per heavy atom. The van der Waals surface area contributed by atoms with Crippen molar-refractivity contribution in [3.8, 4) is 11.5 Å². The van der Waals surface area contributed by atoms with Crippen molar-refractivity contribution in [1.29, 1.82) is 0 Å². The minimum absolute atomic E-state index is 0.0396. The van der Waals surface area contributed by atoms with Crippen LogP contribution in [-0.4, -0.2) is 33.8 Å². The van der Waals surface area contributed by atoms with Gasteiger partial charge in [0.15, 0.2) is 11.5 Å². The Morgan fingerprint density at radius 3 is 2.77 bits per heavy atom. The predicted molar refractivity (Wildman–Crippen MR) is 116 cm³/mol. The number of benzene rings is 1. The van der Waals surface area contributed by atoms with Gasteiger partial charge in [0.25, 0.3) is 0 Å². The number of aromatic hydroxyl groups is 1. The van der Waals surface area contributed by atoms with Gasteiger partial charge in [-0.2, -0.15) is 11.3 Å². The Balaban J connectivity index is 1.96. The summed E-state index contributed by atoms with van der Waals surface area (Å²) >= 11 is 1.50. The quantitative estimate of drug-likeness (QED) is 0.465. The number of carboxylic acid groups (broad SMARTS) is 1. The number of pyridine rings is 1. The van der Waals surface area contributed by atoms with Crippen LogP contribution in [0.5, 0.6) is 11.5 Å². The lowest BCUT2D eigenvalue weighted by molar-refractivity contribution is 0.0692. The van der Waals surface area contributed by atoms with Crippen LogP contribution in [-0.2, 0) is 0 Å². The molecule has 0 spiro atoms. The van der Waals surface area contributed by atoms with Crippen molar-refractivity contribution in [2.24, 2.45) is 0 Å². The first-order valence-electron chi connectivity index (χ1n) is 9.47. The van der Waals surface area contributed by atoms with Gasteiger partial charge in [0, 0.05) is 23.5 Å². The minimum Gasteiger partial charge on any atom is -0.504 e. The summed E-state index contributed by atoms with van der Waals surface area (Å²) in [6, 6.07) is 7.31. The highest BCUT2D eigenvalue weighted by atomic mass is 32.1. The van der Waals surface area contributed by atoms with Crippen LogP contribution < -0.4 is 15.4 Å². The summed E-state index contributed by atoms with van der Waals surface area (Å²) in [5.74, 6) is -1.71. The van der Waals surface area contributed by atoms with E-state index in [9.17, 15) is 19.8 Å². The van der Waals surface area contributed by atoms with Crippen molar-refractivity contribution in [2.75, 3.05) is 6.61 Å². The van der Waals surface area contributed by atoms with E-state index in [1.807, 2.05) is 22.9 Å². The van der Waals surface area contributed by atoms with Crippen LogP contribution in [0.15, 0.2) is 53.5 Å². The number of thiophene rings is 1. The van der Waals surface area contributed by atoms with Crippen LogP contribution in [0.2, 0.25) is 0 Å². The van der Waals surface area contributed by atoms with Crippen LogP contribution in [0.4, 0.5) is 4.79 Å². The average molecular weight is 437 g/mol. The molecule has 4 rings (SSSR count). The number of carbonyl (C=O) groups is 2. The molecule has 0 radical (unpaired) electrons.